The molecule has 6 rings (SSSR count). The van der Waals surface area contributed by atoms with Crippen molar-refractivity contribution in [2.24, 2.45) is 17.8 Å². The first-order valence-electron chi connectivity index (χ1n) is 13.3. The van der Waals surface area contributed by atoms with E-state index >= 15 is 0 Å². The Hall–Kier alpha value is -3.45. The highest BCUT2D eigenvalue weighted by molar-refractivity contribution is 8.00. The highest BCUT2D eigenvalue weighted by Crippen LogP contribution is 2.49. The molecule has 0 spiro atoms. The lowest BCUT2D eigenvalue weighted by Gasteiger charge is -2.28. The van der Waals surface area contributed by atoms with Crippen molar-refractivity contribution in [3.05, 3.63) is 66.2 Å². The van der Waals surface area contributed by atoms with Crippen molar-refractivity contribution in [1.29, 1.82) is 0 Å². The van der Waals surface area contributed by atoms with E-state index in [-0.39, 0.29) is 23.6 Å². The molecule has 2 saturated carbocycles. The minimum atomic E-state index is -0.266. The van der Waals surface area contributed by atoms with Crippen molar-refractivity contribution in [2.45, 2.75) is 43.5 Å². The first-order chi connectivity index (χ1) is 18.5. The van der Waals surface area contributed by atoms with Gasteiger partial charge in [0.1, 0.15) is 16.9 Å². The van der Waals surface area contributed by atoms with Crippen LogP contribution < -0.4 is 15.4 Å². The molecule has 7 heteroatoms. The Morgan fingerprint density at radius 1 is 1.03 bits per heavy atom. The first kappa shape index (κ1) is 24.9. The Labute approximate surface area is 226 Å². The van der Waals surface area contributed by atoms with Gasteiger partial charge in [0.15, 0.2) is 0 Å². The van der Waals surface area contributed by atoms with Crippen LogP contribution in [0.2, 0.25) is 0 Å². The second kappa shape index (κ2) is 10.4. The molecule has 0 saturated heterocycles. The van der Waals surface area contributed by atoms with Crippen molar-refractivity contribution in [2.75, 3.05) is 18.2 Å². The molecule has 0 radical (unpaired) electrons. The minimum absolute atomic E-state index is 0.0116. The maximum atomic E-state index is 13.4. The summed E-state index contributed by atoms with van der Waals surface area (Å²) in [6.07, 6.45) is 5.23. The number of furan rings is 1. The maximum absolute atomic E-state index is 13.4. The van der Waals surface area contributed by atoms with Crippen LogP contribution in [-0.2, 0) is 4.79 Å². The lowest BCUT2D eigenvalue weighted by atomic mass is 9.84. The molecule has 4 atom stereocenters. The van der Waals surface area contributed by atoms with Crippen LogP contribution in [0.25, 0.3) is 21.9 Å². The quantitative estimate of drug-likeness (QED) is 0.244. The third-order valence-electron chi connectivity index (χ3n) is 8.26. The van der Waals surface area contributed by atoms with Crippen LogP contribution in [-0.4, -0.2) is 30.7 Å². The summed E-state index contributed by atoms with van der Waals surface area (Å²) in [6.45, 7) is 2.14. The zero-order valence-corrected chi connectivity index (χ0v) is 22.5. The second-order valence-electron chi connectivity index (χ2n) is 10.6. The van der Waals surface area contributed by atoms with Crippen LogP contribution in [0.3, 0.4) is 0 Å². The zero-order valence-electron chi connectivity index (χ0n) is 21.7. The second-order valence-corrected chi connectivity index (χ2v) is 11.6. The molecule has 2 N–H and O–H groups in total. The van der Waals surface area contributed by atoms with Gasteiger partial charge in [0, 0.05) is 27.8 Å². The number of nitrogens with one attached hydrogen (secondary N) is 2. The Kier molecular flexibility index (Phi) is 6.78. The Morgan fingerprint density at radius 2 is 1.84 bits per heavy atom. The van der Waals surface area contributed by atoms with Crippen LogP contribution in [0, 0.1) is 17.8 Å². The number of benzene rings is 3. The summed E-state index contributed by atoms with van der Waals surface area (Å²) in [7, 11) is 1.58. The first-order valence-corrected chi connectivity index (χ1v) is 14.3. The number of thioether (sulfide) groups is 1. The SMILES string of the molecule is COc1cc2c(cc1NC(=O)c1ccccc1SCC(=O)N[C@H](C)[C@H]1C[C@@H]3CC[C@@H]1C3)oc1ccccc12. The molecular weight excluding hydrogens is 496 g/mol. The van der Waals surface area contributed by atoms with Gasteiger partial charge in [-0.25, -0.2) is 0 Å². The molecule has 196 valence electrons. The van der Waals surface area contributed by atoms with E-state index in [2.05, 4.69) is 17.6 Å². The zero-order chi connectivity index (χ0) is 26.2. The number of ether oxygens (including phenoxy) is 1. The van der Waals surface area contributed by atoms with Gasteiger partial charge >= 0.3 is 0 Å². The van der Waals surface area contributed by atoms with Gasteiger partial charge in [0.25, 0.3) is 5.91 Å². The van der Waals surface area contributed by atoms with Gasteiger partial charge < -0.3 is 19.8 Å². The summed E-state index contributed by atoms with van der Waals surface area (Å²) in [5.41, 5.74) is 2.49. The molecule has 2 fully saturated rings. The van der Waals surface area contributed by atoms with E-state index in [1.165, 1.54) is 37.4 Å². The van der Waals surface area contributed by atoms with E-state index in [0.717, 1.165) is 33.1 Å². The van der Waals surface area contributed by atoms with Crippen LogP contribution in [0.1, 0.15) is 43.0 Å². The number of hydrogen-bond acceptors (Lipinski definition) is 5. The molecule has 1 aromatic heterocycles. The van der Waals surface area contributed by atoms with Crippen molar-refractivity contribution < 1.29 is 18.7 Å². The van der Waals surface area contributed by atoms with Crippen molar-refractivity contribution in [3.63, 3.8) is 0 Å². The van der Waals surface area contributed by atoms with E-state index in [9.17, 15) is 9.59 Å². The van der Waals surface area contributed by atoms with Gasteiger partial charge in [0.05, 0.1) is 24.1 Å². The fraction of sp³-hybridized carbons (Fsp3) is 0.355. The lowest BCUT2D eigenvalue weighted by molar-refractivity contribution is -0.119. The molecule has 1 heterocycles. The topological polar surface area (TPSA) is 80.6 Å². The van der Waals surface area contributed by atoms with E-state index in [1.807, 2.05) is 48.5 Å². The number of methoxy groups -OCH3 is 1. The predicted octanol–water partition coefficient (Wildman–Crippen LogP) is 6.88. The maximum Gasteiger partial charge on any atom is 0.256 e. The van der Waals surface area contributed by atoms with Gasteiger partial charge in [0.2, 0.25) is 5.91 Å². The molecule has 0 unspecified atom stereocenters. The fourth-order valence-corrected chi connectivity index (χ4v) is 7.30. The summed E-state index contributed by atoms with van der Waals surface area (Å²) in [5.74, 6) is 2.79. The van der Waals surface area contributed by atoms with Crippen molar-refractivity contribution in [1.82, 2.24) is 5.32 Å². The van der Waals surface area contributed by atoms with Gasteiger partial charge in [-0.15, -0.1) is 11.8 Å². The third-order valence-corrected chi connectivity index (χ3v) is 9.33. The molecule has 2 bridgehead atoms. The molecule has 0 aliphatic heterocycles. The minimum Gasteiger partial charge on any atom is -0.495 e. The summed E-state index contributed by atoms with van der Waals surface area (Å²) in [6, 6.07) is 19.1. The largest absolute Gasteiger partial charge is 0.495 e. The summed E-state index contributed by atoms with van der Waals surface area (Å²) < 4.78 is 11.6. The Morgan fingerprint density at radius 3 is 2.63 bits per heavy atom. The number of carbonyl (C=O) groups excluding carboxylic acids is 2. The van der Waals surface area contributed by atoms with Crippen molar-refractivity contribution >= 4 is 51.2 Å². The van der Waals surface area contributed by atoms with E-state index in [0.29, 0.717) is 28.5 Å². The third kappa shape index (κ3) is 4.75. The molecular formula is C31H32N2O4S. The number of hydrogen-bond donors (Lipinski definition) is 2. The van der Waals surface area contributed by atoms with Crippen LogP contribution in [0.15, 0.2) is 70.0 Å². The van der Waals surface area contributed by atoms with E-state index < -0.39 is 0 Å². The summed E-state index contributed by atoms with van der Waals surface area (Å²) in [4.78, 5) is 26.9. The molecule has 2 aliphatic rings. The Balaban J connectivity index is 1.15. The average molecular weight is 529 g/mol. The summed E-state index contributed by atoms with van der Waals surface area (Å²) in [5, 5.41) is 8.13. The van der Waals surface area contributed by atoms with Gasteiger partial charge in [-0.05, 0) is 68.2 Å². The average Bonchev–Trinajstić information content (AvgIpc) is 3.66. The summed E-state index contributed by atoms with van der Waals surface area (Å²) >= 11 is 1.39. The number of amides is 2. The smallest absolute Gasteiger partial charge is 0.256 e. The highest BCUT2D eigenvalue weighted by atomic mass is 32.2. The monoisotopic (exact) mass is 528 g/mol. The van der Waals surface area contributed by atoms with Gasteiger partial charge in [-0.2, -0.15) is 0 Å². The molecule has 2 aliphatic carbocycles. The number of carbonyl (C=O) groups is 2. The number of fused-ring (bicyclic) bond motifs is 5. The molecule has 38 heavy (non-hydrogen) atoms. The van der Waals surface area contributed by atoms with Crippen molar-refractivity contribution in [3.8, 4) is 5.75 Å². The fourth-order valence-electron chi connectivity index (χ4n) is 6.44. The van der Waals surface area contributed by atoms with Crippen LogP contribution in [0.4, 0.5) is 5.69 Å². The van der Waals surface area contributed by atoms with Gasteiger partial charge in [-0.3, -0.25) is 9.59 Å². The standard InChI is InChI=1S/C31H32N2O4S/c1-18(23-14-19-11-12-20(23)13-19)32-30(34)17-38-29-10-6-4-8-22(29)31(35)33-25-16-27-24(15-28(25)36-2)21-7-3-5-9-26(21)37-27/h3-10,15-16,18-20,23H,11-14,17H2,1-2H3,(H,32,34)(H,33,35)/t18-,19-,20-,23-/m1/s1. The molecule has 4 aromatic rings. The molecule has 2 amide bonds. The van der Waals surface area contributed by atoms with Crippen LogP contribution >= 0.6 is 11.8 Å². The van der Waals surface area contributed by atoms with Crippen LogP contribution in [0.5, 0.6) is 5.75 Å². The lowest BCUT2D eigenvalue weighted by Crippen LogP contribution is -2.40. The predicted molar refractivity (Wildman–Crippen MR) is 152 cm³/mol. The normalized spacial score (nSPS) is 21.1. The highest BCUT2D eigenvalue weighted by Gasteiger charge is 2.42. The Bertz CT molecular complexity index is 1510. The van der Waals surface area contributed by atoms with Gasteiger partial charge in [-0.1, -0.05) is 36.8 Å². The molecule has 6 nitrogen and oxygen atoms in total. The number of rotatable bonds is 8. The van der Waals surface area contributed by atoms with E-state index in [1.54, 1.807) is 19.2 Å². The van der Waals surface area contributed by atoms with E-state index in [4.69, 9.17) is 9.15 Å². The number of anilines is 1. The molecule has 3 aromatic carbocycles. The number of para-hydroxylation sites is 1.